The lowest BCUT2D eigenvalue weighted by Crippen LogP contribution is -2.59. The second kappa shape index (κ2) is 8.53. The maximum Gasteiger partial charge on any atom is 0.317 e. The first-order chi connectivity index (χ1) is 14.3. The van der Waals surface area contributed by atoms with E-state index in [2.05, 4.69) is 17.6 Å². The van der Waals surface area contributed by atoms with Crippen molar-refractivity contribution in [3.63, 3.8) is 0 Å². The zero-order valence-corrected chi connectivity index (χ0v) is 17.8. The Labute approximate surface area is 177 Å². The monoisotopic (exact) mass is 417 g/mol. The molecule has 3 aliphatic rings. The van der Waals surface area contributed by atoms with Crippen LogP contribution in [0.2, 0.25) is 0 Å². The molecule has 2 saturated heterocycles. The van der Waals surface area contributed by atoms with E-state index in [9.17, 15) is 14.0 Å². The van der Waals surface area contributed by atoms with Crippen molar-refractivity contribution in [2.45, 2.75) is 70.2 Å². The Morgan fingerprint density at radius 1 is 1.17 bits per heavy atom. The van der Waals surface area contributed by atoms with Crippen LogP contribution >= 0.6 is 0 Å². The fourth-order valence-corrected chi connectivity index (χ4v) is 5.48. The van der Waals surface area contributed by atoms with E-state index in [0.717, 1.165) is 19.3 Å². The number of fused-ring (bicyclic) bond motifs is 2. The Bertz CT molecular complexity index is 776. The zero-order valence-electron chi connectivity index (χ0n) is 17.8. The third-order valence-corrected chi connectivity index (χ3v) is 6.70. The summed E-state index contributed by atoms with van der Waals surface area (Å²) in [6.07, 6.45) is 5.72. The minimum atomic E-state index is -0.626. The molecule has 3 amide bonds. The molecule has 2 aliphatic heterocycles. The van der Waals surface area contributed by atoms with E-state index in [1.807, 2.05) is 6.92 Å². The lowest BCUT2D eigenvalue weighted by atomic mass is 9.75. The van der Waals surface area contributed by atoms with Gasteiger partial charge >= 0.3 is 6.03 Å². The largest absolute Gasteiger partial charge is 0.353 e. The van der Waals surface area contributed by atoms with E-state index in [1.54, 1.807) is 17.0 Å². The zero-order chi connectivity index (χ0) is 21.3. The first-order valence-electron chi connectivity index (χ1n) is 11.1. The Morgan fingerprint density at radius 3 is 2.60 bits per heavy atom. The standard InChI is InChI=1S/C23H32FN3O3/c1-15-11-16-13-18(12-15)30-23(2,14-16)26-22(29)25-17-7-9-27(10-8-17)21(28)19-5-3-4-6-20(19)24/h3-6,15-18H,7-14H2,1-2H3,(H2,25,26,29). The van der Waals surface area contributed by atoms with Crippen LogP contribution in [0.25, 0.3) is 0 Å². The van der Waals surface area contributed by atoms with Crippen molar-refractivity contribution in [3.05, 3.63) is 35.6 Å². The molecule has 2 N–H and O–H groups in total. The summed E-state index contributed by atoms with van der Waals surface area (Å²) in [6, 6.07) is 5.82. The molecule has 3 fully saturated rings. The number of urea groups is 1. The third-order valence-electron chi connectivity index (χ3n) is 6.70. The van der Waals surface area contributed by atoms with E-state index >= 15 is 0 Å². The number of piperidine rings is 1. The molecule has 2 bridgehead atoms. The molecule has 0 spiro atoms. The number of benzene rings is 1. The molecule has 4 atom stereocenters. The molecule has 6 nitrogen and oxygen atoms in total. The van der Waals surface area contributed by atoms with E-state index < -0.39 is 11.5 Å². The van der Waals surface area contributed by atoms with Crippen LogP contribution in [0, 0.1) is 17.7 Å². The molecular formula is C23H32FN3O3. The summed E-state index contributed by atoms with van der Waals surface area (Å²) in [5, 5.41) is 6.09. The van der Waals surface area contributed by atoms with Gasteiger partial charge in [-0.1, -0.05) is 19.1 Å². The number of nitrogens with one attached hydrogen (secondary N) is 2. The summed E-state index contributed by atoms with van der Waals surface area (Å²) < 4.78 is 20.1. The van der Waals surface area contributed by atoms with Crippen molar-refractivity contribution >= 4 is 11.9 Å². The van der Waals surface area contributed by atoms with Crippen LogP contribution in [0.5, 0.6) is 0 Å². The van der Waals surface area contributed by atoms with Crippen molar-refractivity contribution in [2.24, 2.45) is 11.8 Å². The van der Waals surface area contributed by atoms with Gasteiger partial charge < -0.3 is 20.3 Å². The number of hydrogen-bond donors (Lipinski definition) is 2. The Balaban J connectivity index is 1.26. The average Bonchev–Trinajstić information content (AvgIpc) is 2.66. The number of likely N-dealkylation sites (tertiary alicyclic amines) is 1. The number of carbonyl (C=O) groups excluding carboxylic acids is 2. The Kier molecular flexibility index (Phi) is 6.00. The van der Waals surface area contributed by atoms with Gasteiger partial charge in [-0.05, 0) is 69.4 Å². The lowest BCUT2D eigenvalue weighted by Gasteiger charge is -2.47. The fraction of sp³-hybridized carbons (Fsp3) is 0.652. The SMILES string of the molecule is CC1CC2CC(C1)OC(C)(NC(=O)NC1CCN(C(=O)c3ccccc3F)CC1)C2. The number of rotatable bonds is 3. The van der Waals surface area contributed by atoms with Crippen LogP contribution in [0.15, 0.2) is 24.3 Å². The highest BCUT2D eigenvalue weighted by Crippen LogP contribution is 2.41. The van der Waals surface area contributed by atoms with Crippen molar-refractivity contribution in [1.82, 2.24) is 15.5 Å². The van der Waals surface area contributed by atoms with E-state index in [4.69, 9.17) is 4.74 Å². The van der Waals surface area contributed by atoms with Crippen LogP contribution in [-0.4, -0.2) is 47.8 Å². The van der Waals surface area contributed by atoms with Gasteiger partial charge in [0.25, 0.3) is 5.91 Å². The minimum Gasteiger partial charge on any atom is -0.353 e. The quantitative estimate of drug-likeness (QED) is 0.788. The molecule has 1 saturated carbocycles. The Morgan fingerprint density at radius 2 is 1.90 bits per heavy atom. The van der Waals surface area contributed by atoms with Crippen LogP contribution in [-0.2, 0) is 4.74 Å². The van der Waals surface area contributed by atoms with Crippen molar-refractivity contribution in [1.29, 1.82) is 0 Å². The van der Waals surface area contributed by atoms with Crippen molar-refractivity contribution < 1.29 is 18.7 Å². The highest BCUT2D eigenvalue weighted by molar-refractivity contribution is 5.94. The molecule has 1 aromatic rings. The fourth-order valence-electron chi connectivity index (χ4n) is 5.48. The summed E-state index contributed by atoms with van der Waals surface area (Å²) in [6.45, 7) is 5.23. The highest BCUT2D eigenvalue weighted by Gasteiger charge is 2.43. The molecule has 4 unspecified atom stereocenters. The normalized spacial score (nSPS) is 31.8. The van der Waals surface area contributed by atoms with Gasteiger partial charge in [0, 0.05) is 19.1 Å². The summed E-state index contributed by atoms with van der Waals surface area (Å²) in [5.74, 6) is 0.497. The van der Waals surface area contributed by atoms with Crippen molar-refractivity contribution in [3.8, 4) is 0 Å². The van der Waals surface area contributed by atoms with Crippen LogP contribution in [0.1, 0.15) is 62.7 Å². The maximum absolute atomic E-state index is 13.9. The van der Waals surface area contributed by atoms with Crippen LogP contribution in [0.4, 0.5) is 9.18 Å². The molecule has 2 heterocycles. The first-order valence-corrected chi connectivity index (χ1v) is 11.1. The van der Waals surface area contributed by atoms with Gasteiger partial charge in [-0.15, -0.1) is 0 Å². The molecule has 0 radical (unpaired) electrons. The smallest absolute Gasteiger partial charge is 0.317 e. The van der Waals surface area contributed by atoms with Crippen molar-refractivity contribution in [2.75, 3.05) is 13.1 Å². The minimum absolute atomic E-state index is 0.0126. The maximum atomic E-state index is 13.9. The van der Waals surface area contributed by atoms with Gasteiger partial charge in [-0.2, -0.15) is 0 Å². The predicted octanol–water partition coefficient (Wildman–Crippen LogP) is 3.67. The van der Waals surface area contributed by atoms with Gasteiger partial charge in [0.05, 0.1) is 11.7 Å². The van der Waals surface area contributed by atoms with E-state index in [0.29, 0.717) is 37.8 Å². The van der Waals surface area contributed by atoms with Gasteiger partial charge in [-0.3, -0.25) is 4.79 Å². The van der Waals surface area contributed by atoms with Gasteiger partial charge in [0.1, 0.15) is 11.5 Å². The number of amides is 3. The van der Waals surface area contributed by atoms with E-state index in [-0.39, 0.29) is 29.6 Å². The summed E-state index contributed by atoms with van der Waals surface area (Å²) >= 11 is 0. The number of ether oxygens (including phenoxy) is 1. The van der Waals surface area contributed by atoms with Crippen LogP contribution < -0.4 is 10.6 Å². The average molecular weight is 418 g/mol. The molecule has 1 aliphatic carbocycles. The first kappa shape index (κ1) is 21.1. The highest BCUT2D eigenvalue weighted by atomic mass is 19.1. The number of carbonyl (C=O) groups is 2. The number of nitrogens with zero attached hydrogens (tertiary/aromatic N) is 1. The summed E-state index contributed by atoms with van der Waals surface area (Å²) in [7, 11) is 0. The van der Waals surface area contributed by atoms with Crippen LogP contribution in [0.3, 0.4) is 0 Å². The summed E-state index contributed by atoms with van der Waals surface area (Å²) in [4.78, 5) is 26.8. The second-order valence-electron chi connectivity index (χ2n) is 9.50. The topological polar surface area (TPSA) is 70.7 Å². The Hall–Kier alpha value is -2.15. The molecule has 164 valence electrons. The number of hydrogen-bond acceptors (Lipinski definition) is 3. The van der Waals surface area contributed by atoms with Gasteiger partial charge in [0.15, 0.2) is 0 Å². The molecule has 4 rings (SSSR count). The lowest BCUT2D eigenvalue weighted by molar-refractivity contribution is -0.168. The molecule has 1 aromatic carbocycles. The molecule has 30 heavy (non-hydrogen) atoms. The number of halogens is 1. The van der Waals surface area contributed by atoms with Gasteiger partial charge in [0.2, 0.25) is 0 Å². The molecule has 7 heteroatoms. The second-order valence-corrected chi connectivity index (χ2v) is 9.50. The van der Waals surface area contributed by atoms with Gasteiger partial charge in [-0.25, -0.2) is 9.18 Å². The molecular weight excluding hydrogens is 385 g/mol. The molecule has 0 aromatic heterocycles. The summed E-state index contributed by atoms with van der Waals surface area (Å²) in [5.41, 5.74) is -0.525. The predicted molar refractivity (Wildman–Crippen MR) is 111 cm³/mol. The third kappa shape index (κ3) is 4.77. The van der Waals surface area contributed by atoms with E-state index in [1.165, 1.54) is 18.6 Å².